The third-order valence-corrected chi connectivity index (χ3v) is 8.60. The van der Waals surface area contributed by atoms with Crippen molar-refractivity contribution in [2.24, 2.45) is 4.99 Å². The zero-order chi connectivity index (χ0) is 19.9. The number of rotatable bonds is 3. The van der Waals surface area contributed by atoms with Crippen LogP contribution in [0.15, 0.2) is 58.0 Å². The van der Waals surface area contributed by atoms with E-state index < -0.39 is 9.84 Å². The number of carbonyl (C=O) groups is 1. The summed E-state index contributed by atoms with van der Waals surface area (Å²) in [6, 6.07) is 14.5. The van der Waals surface area contributed by atoms with Gasteiger partial charge in [-0.25, -0.2) is 8.42 Å². The minimum atomic E-state index is -3.09. The monoisotopic (exact) mass is 498 g/mol. The van der Waals surface area contributed by atoms with E-state index in [4.69, 9.17) is 11.6 Å². The Kier molecular flexibility index (Phi) is 5.57. The standard InChI is InChI=1S/C19H16BrClN2O3S2/c20-13-2-1-3-15(9-13)23-16-10-28(25,26)11-17(16)27-19(23)22-18(24)8-12-4-6-14(21)7-5-12/h1-7,9,16-17H,8,10-11H2/t16-,17+/m0/s1. The van der Waals surface area contributed by atoms with E-state index in [2.05, 4.69) is 20.9 Å². The molecule has 2 fully saturated rings. The number of carbonyl (C=O) groups excluding carboxylic acids is 1. The lowest BCUT2D eigenvalue weighted by molar-refractivity contribution is -0.117. The van der Waals surface area contributed by atoms with Crippen molar-refractivity contribution < 1.29 is 13.2 Å². The van der Waals surface area contributed by atoms with Crippen LogP contribution in [0.3, 0.4) is 0 Å². The molecule has 5 nitrogen and oxygen atoms in total. The molecule has 2 saturated heterocycles. The average Bonchev–Trinajstić information content (AvgIpc) is 3.07. The van der Waals surface area contributed by atoms with Gasteiger partial charge in [0.1, 0.15) is 0 Å². The van der Waals surface area contributed by atoms with E-state index in [0.29, 0.717) is 10.2 Å². The van der Waals surface area contributed by atoms with Crippen molar-refractivity contribution in [3.63, 3.8) is 0 Å². The second-order valence-corrected chi connectivity index (χ2v) is 11.5. The molecule has 0 aliphatic carbocycles. The lowest BCUT2D eigenvalue weighted by Crippen LogP contribution is -2.37. The summed E-state index contributed by atoms with van der Waals surface area (Å²) < 4.78 is 25.1. The van der Waals surface area contributed by atoms with Crippen molar-refractivity contribution in [2.45, 2.75) is 17.7 Å². The molecule has 2 aromatic rings. The Bertz CT molecular complexity index is 1060. The number of fused-ring (bicyclic) bond motifs is 1. The molecule has 146 valence electrons. The van der Waals surface area contributed by atoms with Crippen LogP contribution in [0.1, 0.15) is 5.56 Å². The van der Waals surface area contributed by atoms with Crippen molar-refractivity contribution in [1.29, 1.82) is 0 Å². The van der Waals surface area contributed by atoms with Gasteiger partial charge in [0.05, 0.1) is 24.0 Å². The highest BCUT2D eigenvalue weighted by molar-refractivity contribution is 9.10. The Morgan fingerprint density at radius 3 is 2.68 bits per heavy atom. The molecule has 0 aromatic heterocycles. The quantitative estimate of drug-likeness (QED) is 0.640. The molecule has 2 aliphatic heterocycles. The molecule has 28 heavy (non-hydrogen) atoms. The van der Waals surface area contributed by atoms with Gasteiger partial charge in [-0.15, -0.1) is 0 Å². The predicted octanol–water partition coefficient (Wildman–Crippen LogP) is 3.95. The van der Waals surface area contributed by atoms with Crippen LogP contribution >= 0.6 is 39.3 Å². The van der Waals surface area contributed by atoms with Gasteiger partial charge in [-0.1, -0.05) is 57.5 Å². The summed E-state index contributed by atoms with van der Waals surface area (Å²) >= 11 is 10.7. The smallest absolute Gasteiger partial charge is 0.252 e. The molecule has 0 spiro atoms. The van der Waals surface area contributed by atoms with E-state index in [1.165, 1.54) is 11.8 Å². The Labute approximate surface area is 181 Å². The molecular formula is C19H16BrClN2O3S2. The molecule has 0 radical (unpaired) electrons. The number of amidine groups is 1. The third kappa shape index (κ3) is 4.30. The Morgan fingerprint density at radius 2 is 1.96 bits per heavy atom. The van der Waals surface area contributed by atoms with Gasteiger partial charge in [0.25, 0.3) is 5.91 Å². The molecule has 4 rings (SSSR count). The lowest BCUT2D eigenvalue weighted by Gasteiger charge is -2.24. The second-order valence-electron chi connectivity index (χ2n) is 6.74. The predicted molar refractivity (Wildman–Crippen MR) is 118 cm³/mol. The first-order chi connectivity index (χ1) is 13.3. The molecule has 1 amide bonds. The number of thioether (sulfide) groups is 1. The number of sulfone groups is 1. The SMILES string of the molecule is O=C(Cc1ccc(Cl)cc1)N=C1S[C@@H]2CS(=O)(=O)C[C@@H]2N1c1cccc(Br)c1. The maximum Gasteiger partial charge on any atom is 0.252 e. The molecule has 2 aromatic carbocycles. The number of hydrogen-bond donors (Lipinski definition) is 0. The highest BCUT2D eigenvalue weighted by Gasteiger charge is 2.49. The third-order valence-electron chi connectivity index (χ3n) is 4.64. The summed E-state index contributed by atoms with van der Waals surface area (Å²) in [7, 11) is -3.09. The number of anilines is 1. The first-order valence-electron chi connectivity index (χ1n) is 8.58. The van der Waals surface area contributed by atoms with Crippen LogP contribution in [0.4, 0.5) is 5.69 Å². The molecule has 2 atom stereocenters. The number of halogens is 2. The molecule has 0 N–H and O–H groups in total. The Morgan fingerprint density at radius 1 is 1.21 bits per heavy atom. The summed E-state index contributed by atoms with van der Waals surface area (Å²) in [5.74, 6) is -0.0913. The van der Waals surface area contributed by atoms with Crippen LogP contribution in [0, 0.1) is 0 Å². The number of benzene rings is 2. The number of nitrogens with zero attached hydrogens (tertiary/aromatic N) is 2. The maximum atomic E-state index is 12.6. The molecule has 0 saturated carbocycles. The number of aliphatic imine (C=N–C) groups is 1. The van der Waals surface area contributed by atoms with Gasteiger partial charge in [-0.05, 0) is 35.9 Å². The Hall–Kier alpha value is -1.35. The summed E-state index contributed by atoms with van der Waals surface area (Å²) in [5, 5.41) is 1.05. The maximum absolute atomic E-state index is 12.6. The summed E-state index contributed by atoms with van der Waals surface area (Å²) in [4.78, 5) is 18.8. The second kappa shape index (κ2) is 7.82. The van der Waals surface area contributed by atoms with Crippen LogP contribution in [-0.4, -0.2) is 42.3 Å². The lowest BCUT2D eigenvalue weighted by atomic mass is 10.1. The minimum Gasteiger partial charge on any atom is -0.316 e. The van der Waals surface area contributed by atoms with Gasteiger partial charge in [-0.2, -0.15) is 4.99 Å². The van der Waals surface area contributed by atoms with Crippen LogP contribution < -0.4 is 4.90 Å². The number of amides is 1. The average molecular weight is 500 g/mol. The van der Waals surface area contributed by atoms with Gasteiger partial charge in [-0.3, -0.25) is 4.79 Å². The van der Waals surface area contributed by atoms with Crippen LogP contribution in [-0.2, 0) is 21.1 Å². The van der Waals surface area contributed by atoms with E-state index in [-0.39, 0.29) is 35.1 Å². The van der Waals surface area contributed by atoms with Gasteiger partial charge in [0, 0.05) is 20.4 Å². The largest absolute Gasteiger partial charge is 0.316 e. The van der Waals surface area contributed by atoms with Gasteiger partial charge >= 0.3 is 0 Å². The molecular weight excluding hydrogens is 484 g/mol. The van der Waals surface area contributed by atoms with E-state index in [1.807, 2.05) is 29.2 Å². The fourth-order valence-corrected chi connectivity index (χ4v) is 7.86. The number of hydrogen-bond acceptors (Lipinski definition) is 4. The molecule has 2 heterocycles. The van der Waals surface area contributed by atoms with Crippen molar-refractivity contribution in [3.8, 4) is 0 Å². The van der Waals surface area contributed by atoms with E-state index >= 15 is 0 Å². The van der Waals surface area contributed by atoms with Crippen molar-refractivity contribution >= 4 is 65.9 Å². The summed E-state index contributed by atoms with van der Waals surface area (Å²) in [6.45, 7) is 0. The van der Waals surface area contributed by atoms with Gasteiger partial charge in [0.2, 0.25) is 0 Å². The van der Waals surface area contributed by atoms with Gasteiger partial charge in [0.15, 0.2) is 15.0 Å². The fourth-order valence-electron chi connectivity index (χ4n) is 3.42. The van der Waals surface area contributed by atoms with Crippen molar-refractivity contribution in [3.05, 3.63) is 63.6 Å². The molecule has 2 aliphatic rings. The molecule has 0 bridgehead atoms. The minimum absolute atomic E-state index is 0.0710. The van der Waals surface area contributed by atoms with E-state index in [1.54, 1.807) is 24.3 Å². The first kappa shape index (κ1) is 19.9. The van der Waals surface area contributed by atoms with Crippen LogP contribution in [0.25, 0.3) is 0 Å². The van der Waals surface area contributed by atoms with Gasteiger partial charge < -0.3 is 4.90 Å². The van der Waals surface area contributed by atoms with Crippen LogP contribution in [0.5, 0.6) is 0 Å². The fraction of sp³-hybridized carbons (Fsp3) is 0.263. The zero-order valence-corrected chi connectivity index (χ0v) is 18.6. The highest BCUT2D eigenvalue weighted by atomic mass is 79.9. The van der Waals surface area contributed by atoms with Crippen molar-refractivity contribution in [1.82, 2.24) is 0 Å². The zero-order valence-electron chi connectivity index (χ0n) is 14.6. The summed E-state index contributed by atoms with van der Waals surface area (Å²) in [5.41, 5.74) is 1.66. The van der Waals surface area contributed by atoms with E-state index in [9.17, 15) is 13.2 Å². The first-order valence-corrected chi connectivity index (χ1v) is 12.5. The topological polar surface area (TPSA) is 66.8 Å². The van der Waals surface area contributed by atoms with Crippen molar-refractivity contribution in [2.75, 3.05) is 16.4 Å². The van der Waals surface area contributed by atoms with E-state index in [0.717, 1.165) is 15.7 Å². The Balaban J connectivity index is 1.63. The molecule has 0 unspecified atom stereocenters. The van der Waals surface area contributed by atoms with Crippen LogP contribution in [0.2, 0.25) is 5.02 Å². The highest BCUT2D eigenvalue weighted by Crippen LogP contribution is 2.41. The summed E-state index contributed by atoms with van der Waals surface area (Å²) in [6.07, 6.45) is 0.168. The molecule has 9 heteroatoms. The normalized spacial score (nSPS) is 24.5.